The van der Waals surface area contributed by atoms with Crippen LogP contribution in [0.3, 0.4) is 0 Å². The van der Waals surface area contributed by atoms with E-state index in [-0.39, 0.29) is 5.91 Å². The van der Waals surface area contributed by atoms with Gasteiger partial charge in [0.1, 0.15) is 10.6 Å². The van der Waals surface area contributed by atoms with Crippen molar-refractivity contribution in [2.75, 3.05) is 57.9 Å². The number of pyridine rings is 1. The largest absolute Gasteiger partial charge is 0.385 e. The van der Waals surface area contributed by atoms with Crippen LogP contribution >= 0.6 is 11.3 Å². The zero-order chi connectivity index (χ0) is 23.3. The fourth-order valence-corrected chi connectivity index (χ4v) is 6.07. The maximum Gasteiger partial charge on any atom is 0.234 e. The number of carbonyl (C=O) groups excluding carboxylic acids is 1. The Labute approximate surface area is 204 Å². The zero-order valence-electron chi connectivity index (χ0n) is 19.8. The fourth-order valence-electron chi connectivity index (χ4n) is 4.81. The second kappa shape index (κ2) is 10.8. The van der Waals surface area contributed by atoms with E-state index < -0.39 is 0 Å². The van der Waals surface area contributed by atoms with Crippen LogP contribution in [0.15, 0.2) is 24.5 Å². The highest BCUT2D eigenvalue weighted by molar-refractivity contribution is 7.19. The van der Waals surface area contributed by atoms with E-state index in [0.29, 0.717) is 19.7 Å². The van der Waals surface area contributed by atoms with Crippen molar-refractivity contribution in [3.8, 4) is 11.4 Å². The third kappa shape index (κ3) is 5.06. The van der Waals surface area contributed by atoms with Gasteiger partial charge in [-0.15, -0.1) is 11.3 Å². The molecule has 4 heterocycles. The Kier molecular flexibility index (Phi) is 7.32. The number of amides is 1. The Bertz CT molecular complexity index is 1130. The molecular weight excluding hydrogens is 448 g/mol. The van der Waals surface area contributed by atoms with Crippen molar-refractivity contribution in [2.45, 2.75) is 32.1 Å². The van der Waals surface area contributed by atoms with Gasteiger partial charge in [-0.05, 0) is 49.8 Å². The quantitative estimate of drug-likeness (QED) is 0.496. The minimum atomic E-state index is 0.0831. The summed E-state index contributed by atoms with van der Waals surface area (Å²) < 4.78 is 5.04. The molecule has 0 radical (unpaired) electrons. The number of methoxy groups -OCH3 is 1. The average Bonchev–Trinajstić information content (AvgIpc) is 3.26. The molecule has 0 bridgehead atoms. The highest BCUT2D eigenvalue weighted by atomic mass is 32.1. The molecule has 0 spiro atoms. The maximum absolute atomic E-state index is 12.3. The van der Waals surface area contributed by atoms with Gasteiger partial charge in [0.25, 0.3) is 0 Å². The standard InChI is InChI=1S/C25H32N6O2S/c1-33-15-5-10-27-21(32)17-30-11-13-31(14-12-30)24-22-19-7-2-3-8-20(19)34-25(22)29-23(28-24)18-6-4-9-26-16-18/h4,6,9,16H,2-3,5,7-8,10-15,17H2,1H3,(H,27,32). The van der Waals surface area contributed by atoms with E-state index in [1.807, 2.05) is 29.7 Å². The first-order valence-corrected chi connectivity index (χ1v) is 13.0. The predicted octanol–water partition coefficient (Wildman–Crippen LogP) is 2.91. The lowest BCUT2D eigenvalue weighted by Gasteiger charge is -2.35. The van der Waals surface area contributed by atoms with Crippen molar-refractivity contribution < 1.29 is 9.53 Å². The Morgan fingerprint density at radius 3 is 2.82 bits per heavy atom. The zero-order valence-corrected chi connectivity index (χ0v) is 20.6. The summed E-state index contributed by atoms with van der Waals surface area (Å²) in [6.45, 7) is 5.14. The lowest BCUT2D eigenvalue weighted by molar-refractivity contribution is -0.122. The lowest BCUT2D eigenvalue weighted by atomic mass is 9.96. The number of nitrogens with one attached hydrogen (secondary N) is 1. The number of aromatic nitrogens is 3. The van der Waals surface area contributed by atoms with E-state index in [9.17, 15) is 4.79 Å². The van der Waals surface area contributed by atoms with Crippen molar-refractivity contribution in [1.29, 1.82) is 0 Å². The van der Waals surface area contributed by atoms with Crippen molar-refractivity contribution >= 4 is 33.3 Å². The Balaban J connectivity index is 1.35. The van der Waals surface area contributed by atoms with Crippen molar-refractivity contribution in [3.05, 3.63) is 35.0 Å². The van der Waals surface area contributed by atoms with Gasteiger partial charge in [0.2, 0.25) is 5.91 Å². The van der Waals surface area contributed by atoms with Gasteiger partial charge in [-0.2, -0.15) is 0 Å². The van der Waals surface area contributed by atoms with Gasteiger partial charge in [-0.1, -0.05) is 0 Å². The summed E-state index contributed by atoms with van der Waals surface area (Å²) in [6, 6.07) is 3.95. The summed E-state index contributed by atoms with van der Waals surface area (Å²) in [5, 5.41) is 4.24. The SMILES string of the molecule is COCCCNC(=O)CN1CCN(c2nc(-c3cccnc3)nc3sc4c(c23)CCCC4)CC1. The highest BCUT2D eigenvalue weighted by Gasteiger charge is 2.27. The van der Waals surface area contributed by atoms with Gasteiger partial charge in [0.15, 0.2) is 5.82 Å². The Hall–Kier alpha value is -2.62. The van der Waals surface area contributed by atoms with E-state index in [2.05, 4.69) is 20.1 Å². The van der Waals surface area contributed by atoms with E-state index >= 15 is 0 Å². The van der Waals surface area contributed by atoms with Crippen LogP contribution in [0.25, 0.3) is 21.6 Å². The number of hydrogen-bond donors (Lipinski definition) is 1. The number of anilines is 1. The lowest BCUT2D eigenvalue weighted by Crippen LogP contribution is -2.50. The molecule has 1 saturated heterocycles. The number of rotatable bonds is 8. The minimum Gasteiger partial charge on any atom is -0.385 e. The molecule has 180 valence electrons. The summed E-state index contributed by atoms with van der Waals surface area (Å²) in [5.74, 6) is 1.87. The molecule has 8 nitrogen and oxygen atoms in total. The van der Waals surface area contributed by atoms with Gasteiger partial charge in [0.05, 0.1) is 11.9 Å². The number of thiophene rings is 1. The minimum absolute atomic E-state index is 0.0831. The molecule has 3 aromatic rings. The highest BCUT2D eigenvalue weighted by Crippen LogP contribution is 2.40. The first-order valence-electron chi connectivity index (χ1n) is 12.2. The molecule has 1 amide bonds. The van der Waals surface area contributed by atoms with Crippen LogP contribution in [0, 0.1) is 0 Å². The van der Waals surface area contributed by atoms with Crippen molar-refractivity contribution in [1.82, 2.24) is 25.2 Å². The van der Waals surface area contributed by atoms with Crippen LogP contribution in [-0.2, 0) is 22.4 Å². The molecule has 1 aliphatic carbocycles. The molecule has 5 rings (SSSR count). The maximum atomic E-state index is 12.3. The predicted molar refractivity (Wildman–Crippen MR) is 135 cm³/mol. The first kappa shape index (κ1) is 23.1. The summed E-state index contributed by atoms with van der Waals surface area (Å²) in [6.07, 6.45) is 9.19. The topological polar surface area (TPSA) is 83.5 Å². The number of nitrogens with zero attached hydrogens (tertiary/aromatic N) is 5. The van der Waals surface area contributed by atoms with Crippen LogP contribution in [0.2, 0.25) is 0 Å². The molecular formula is C25H32N6O2S. The third-order valence-corrected chi connectivity index (χ3v) is 7.79. The van der Waals surface area contributed by atoms with Gasteiger partial charge >= 0.3 is 0 Å². The Morgan fingerprint density at radius 1 is 1.18 bits per heavy atom. The second-order valence-electron chi connectivity index (χ2n) is 8.96. The summed E-state index contributed by atoms with van der Waals surface area (Å²) >= 11 is 1.84. The molecule has 9 heteroatoms. The molecule has 1 fully saturated rings. The smallest absolute Gasteiger partial charge is 0.234 e. The fraction of sp³-hybridized carbons (Fsp3) is 0.520. The summed E-state index contributed by atoms with van der Waals surface area (Å²) in [5.41, 5.74) is 2.40. The number of ether oxygens (including phenoxy) is 1. The number of hydrogen-bond acceptors (Lipinski definition) is 8. The molecule has 3 aromatic heterocycles. The molecule has 0 atom stereocenters. The monoisotopic (exact) mass is 480 g/mol. The molecule has 1 aliphatic heterocycles. The van der Waals surface area contributed by atoms with Gasteiger partial charge in [-0.3, -0.25) is 14.7 Å². The number of fused-ring (bicyclic) bond motifs is 3. The molecule has 34 heavy (non-hydrogen) atoms. The van der Waals surface area contributed by atoms with Crippen LogP contribution in [-0.4, -0.2) is 78.7 Å². The van der Waals surface area contributed by atoms with Gasteiger partial charge in [-0.25, -0.2) is 9.97 Å². The second-order valence-corrected chi connectivity index (χ2v) is 10.0. The van der Waals surface area contributed by atoms with E-state index in [1.54, 1.807) is 13.3 Å². The molecule has 0 saturated carbocycles. The average molecular weight is 481 g/mol. The summed E-state index contributed by atoms with van der Waals surface area (Å²) in [4.78, 5) is 33.8. The summed E-state index contributed by atoms with van der Waals surface area (Å²) in [7, 11) is 1.68. The van der Waals surface area contributed by atoms with Crippen molar-refractivity contribution in [2.24, 2.45) is 0 Å². The van der Waals surface area contributed by atoms with Crippen LogP contribution in [0.1, 0.15) is 29.7 Å². The third-order valence-electron chi connectivity index (χ3n) is 6.60. The van der Waals surface area contributed by atoms with E-state index in [0.717, 1.165) is 67.5 Å². The van der Waals surface area contributed by atoms with E-state index in [4.69, 9.17) is 14.7 Å². The van der Waals surface area contributed by atoms with E-state index in [1.165, 1.54) is 28.7 Å². The van der Waals surface area contributed by atoms with Crippen molar-refractivity contribution in [3.63, 3.8) is 0 Å². The van der Waals surface area contributed by atoms with Gasteiger partial charge in [0, 0.05) is 69.3 Å². The van der Waals surface area contributed by atoms with Crippen LogP contribution in [0.4, 0.5) is 5.82 Å². The molecule has 0 aromatic carbocycles. The number of carbonyl (C=O) groups is 1. The van der Waals surface area contributed by atoms with Gasteiger partial charge < -0.3 is 15.0 Å². The number of aryl methyl sites for hydroxylation is 2. The Morgan fingerprint density at radius 2 is 2.03 bits per heavy atom. The molecule has 1 N–H and O–H groups in total. The molecule has 0 unspecified atom stereocenters. The molecule has 2 aliphatic rings. The normalized spacial score (nSPS) is 16.6. The van der Waals surface area contributed by atoms with Crippen LogP contribution < -0.4 is 10.2 Å². The first-order chi connectivity index (χ1) is 16.7. The number of piperazine rings is 1. The van der Waals surface area contributed by atoms with Crippen LogP contribution in [0.5, 0.6) is 0 Å².